The van der Waals surface area contributed by atoms with Crippen LogP contribution in [0.1, 0.15) is 20.3 Å². The van der Waals surface area contributed by atoms with E-state index in [1.54, 1.807) is 7.11 Å². The summed E-state index contributed by atoms with van der Waals surface area (Å²) >= 11 is 0. The topological polar surface area (TPSA) is 47.3 Å². The van der Waals surface area contributed by atoms with Crippen LogP contribution in [0.4, 0.5) is 0 Å². The van der Waals surface area contributed by atoms with Gasteiger partial charge in [0.1, 0.15) is 0 Å². The van der Waals surface area contributed by atoms with Crippen molar-refractivity contribution in [1.29, 1.82) is 0 Å². The highest BCUT2D eigenvalue weighted by atomic mass is 16.5. The molecule has 0 heterocycles. The summed E-state index contributed by atoms with van der Waals surface area (Å²) in [5, 5.41) is 0. The van der Waals surface area contributed by atoms with E-state index in [9.17, 15) is 0 Å². The Kier molecular flexibility index (Phi) is 5.98. The van der Waals surface area contributed by atoms with Crippen molar-refractivity contribution in [3.05, 3.63) is 12.7 Å². The Bertz CT molecular complexity index is 126. The number of hydrogen-bond donors (Lipinski definition) is 2. The highest BCUT2D eigenvalue weighted by molar-refractivity contribution is 4.84. The van der Waals surface area contributed by atoms with Gasteiger partial charge >= 0.3 is 0 Å². The molecule has 72 valence electrons. The number of nitrogens with two attached hydrogens (primary N) is 1. The molecule has 3 N–H and O–H groups in total. The lowest BCUT2D eigenvalue weighted by Crippen LogP contribution is -2.46. The van der Waals surface area contributed by atoms with E-state index in [1.807, 2.05) is 6.08 Å². The maximum atomic E-state index is 5.40. The zero-order valence-electron chi connectivity index (χ0n) is 8.21. The molecule has 0 saturated heterocycles. The molecule has 0 aliphatic rings. The molecule has 0 saturated carbocycles. The van der Waals surface area contributed by atoms with Crippen molar-refractivity contribution in [2.24, 2.45) is 11.8 Å². The summed E-state index contributed by atoms with van der Waals surface area (Å²) < 4.78 is 5.33. The van der Waals surface area contributed by atoms with Gasteiger partial charge in [-0.3, -0.25) is 11.3 Å². The molecule has 3 nitrogen and oxygen atoms in total. The average molecular weight is 172 g/mol. The normalized spacial score (nSPS) is 16.1. The molecule has 0 aliphatic heterocycles. The van der Waals surface area contributed by atoms with Crippen LogP contribution in [-0.2, 0) is 4.74 Å². The first-order valence-corrected chi connectivity index (χ1v) is 4.27. The quantitative estimate of drug-likeness (QED) is 0.358. The molecule has 3 heteroatoms. The number of ether oxygens (including phenoxy) is 1. The minimum atomic E-state index is 0.146. The fraction of sp³-hybridized carbons (Fsp3) is 0.778. The van der Waals surface area contributed by atoms with Gasteiger partial charge in [0.05, 0.1) is 12.1 Å². The maximum absolute atomic E-state index is 5.40. The Hall–Kier alpha value is -0.380. The van der Waals surface area contributed by atoms with E-state index in [1.165, 1.54) is 0 Å². The molecule has 0 rings (SSSR count). The summed E-state index contributed by atoms with van der Waals surface area (Å²) in [5.74, 6) is 5.85. The van der Waals surface area contributed by atoms with Gasteiger partial charge in [-0.1, -0.05) is 19.9 Å². The van der Waals surface area contributed by atoms with Crippen LogP contribution in [0.5, 0.6) is 0 Å². The molecule has 0 aromatic carbocycles. The molecule has 0 aromatic heterocycles. The van der Waals surface area contributed by atoms with Gasteiger partial charge in [0, 0.05) is 7.11 Å². The largest absolute Gasteiger partial charge is 0.380 e. The number of nitrogens with one attached hydrogen (secondary N) is 1. The lowest BCUT2D eigenvalue weighted by Gasteiger charge is -2.27. The van der Waals surface area contributed by atoms with E-state index in [2.05, 4.69) is 25.9 Å². The first kappa shape index (κ1) is 11.6. The average Bonchev–Trinajstić information content (AvgIpc) is 2.03. The zero-order chi connectivity index (χ0) is 9.56. The van der Waals surface area contributed by atoms with Crippen molar-refractivity contribution in [1.82, 2.24) is 5.43 Å². The molecule has 0 spiro atoms. The van der Waals surface area contributed by atoms with Crippen molar-refractivity contribution in [3.8, 4) is 0 Å². The van der Waals surface area contributed by atoms with Crippen molar-refractivity contribution in [3.63, 3.8) is 0 Å². The molecule has 0 radical (unpaired) electrons. The van der Waals surface area contributed by atoms with E-state index in [0.29, 0.717) is 5.92 Å². The summed E-state index contributed by atoms with van der Waals surface area (Å²) in [5.41, 5.74) is 2.74. The van der Waals surface area contributed by atoms with E-state index < -0.39 is 0 Å². The molecule has 2 atom stereocenters. The van der Waals surface area contributed by atoms with Crippen LogP contribution < -0.4 is 11.3 Å². The van der Waals surface area contributed by atoms with Gasteiger partial charge in [-0.2, -0.15) is 0 Å². The molecule has 0 amide bonds. The van der Waals surface area contributed by atoms with Gasteiger partial charge in [0.2, 0.25) is 0 Å². The Morgan fingerprint density at radius 1 is 1.58 bits per heavy atom. The summed E-state index contributed by atoms with van der Waals surface area (Å²) in [7, 11) is 1.71. The molecule has 2 unspecified atom stereocenters. The Morgan fingerprint density at radius 2 is 2.17 bits per heavy atom. The summed E-state index contributed by atoms with van der Waals surface area (Å²) in [4.78, 5) is 0. The second-order valence-electron chi connectivity index (χ2n) is 3.24. The molecule has 12 heavy (non-hydrogen) atoms. The Morgan fingerprint density at radius 3 is 2.42 bits per heavy atom. The molecule has 0 fully saturated rings. The van der Waals surface area contributed by atoms with E-state index in [-0.39, 0.29) is 12.1 Å². The fourth-order valence-corrected chi connectivity index (χ4v) is 1.38. The third-order valence-corrected chi connectivity index (χ3v) is 1.96. The standard InChI is InChI=1S/C9H20N2O/c1-5-6-8(11-10)9(12-4)7(2)3/h5,7-9,11H,1,6,10H2,2-4H3. The number of hydrazine groups is 1. The van der Waals surface area contributed by atoms with Crippen LogP contribution >= 0.6 is 0 Å². The van der Waals surface area contributed by atoms with Crippen LogP contribution in [0, 0.1) is 5.92 Å². The first-order valence-electron chi connectivity index (χ1n) is 4.27. The van der Waals surface area contributed by atoms with Crippen molar-refractivity contribution >= 4 is 0 Å². The predicted molar refractivity (Wildman–Crippen MR) is 51.6 cm³/mol. The summed E-state index contributed by atoms with van der Waals surface area (Å²) in [6.45, 7) is 7.90. The highest BCUT2D eigenvalue weighted by Crippen LogP contribution is 2.12. The molecular weight excluding hydrogens is 152 g/mol. The van der Waals surface area contributed by atoms with Crippen molar-refractivity contribution < 1.29 is 4.74 Å². The van der Waals surface area contributed by atoms with Gasteiger partial charge in [-0.05, 0) is 12.3 Å². The smallest absolute Gasteiger partial charge is 0.0763 e. The van der Waals surface area contributed by atoms with Crippen molar-refractivity contribution in [2.45, 2.75) is 32.4 Å². The van der Waals surface area contributed by atoms with Crippen LogP contribution in [-0.4, -0.2) is 19.3 Å². The second kappa shape index (κ2) is 6.17. The second-order valence-corrected chi connectivity index (χ2v) is 3.24. The Balaban J connectivity index is 4.11. The lowest BCUT2D eigenvalue weighted by molar-refractivity contribution is 0.0340. The van der Waals surface area contributed by atoms with Crippen LogP contribution in [0.25, 0.3) is 0 Å². The van der Waals surface area contributed by atoms with Crippen LogP contribution in [0.2, 0.25) is 0 Å². The number of hydrogen-bond acceptors (Lipinski definition) is 3. The van der Waals surface area contributed by atoms with Crippen LogP contribution in [0.3, 0.4) is 0 Å². The Labute approximate surface area is 74.9 Å². The van der Waals surface area contributed by atoms with Crippen molar-refractivity contribution in [2.75, 3.05) is 7.11 Å². The minimum Gasteiger partial charge on any atom is -0.380 e. The zero-order valence-corrected chi connectivity index (χ0v) is 8.21. The van der Waals surface area contributed by atoms with Gasteiger partial charge in [-0.15, -0.1) is 6.58 Å². The highest BCUT2D eigenvalue weighted by Gasteiger charge is 2.21. The minimum absolute atomic E-state index is 0.146. The molecular formula is C9H20N2O. The van der Waals surface area contributed by atoms with Gasteiger partial charge in [0.25, 0.3) is 0 Å². The molecule has 0 bridgehead atoms. The molecule has 0 aromatic rings. The van der Waals surface area contributed by atoms with Gasteiger partial charge < -0.3 is 4.74 Å². The SMILES string of the molecule is C=CCC(NN)C(OC)C(C)C. The third kappa shape index (κ3) is 3.34. The van der Waals surface area contributed by atoms with Crippen LogP contribution in [0.15, 0.2) is 12.7 Å². The van der Waals surface area contributed by atoms with Gasteiger partial charge in [-0.25, -0.2) is 0 Å². The molecule has 0 aliphatic carbocycles. The first-order chi connectivity index (χ1) is 5.67. The maximum Gasteiger partial charge on any atom is 0.0763 e. The number of methoxy groups -OCH3 is 1. The predicted octanol–water partition coefficient (Wildman–Crippen LogP) is 1.07. The summed E-state index contributed by atoms with van der Waals surface area (Å²) in [6, 6.07) is 0.160. The van der Waals surface area contributed by atoms with E-state index in [4.69, 9.17) is 10.6 Å². The lowest BCUT2D eigenvalue weighted by atomic mass is 9.97. The van der Waals surface area contributed by atoms with E-state index >= 15 is 0 Å². The third-order valence-electron chi connectivity index (χ3n) is 1.96. The monoisotopic (exact) mass is 172 g/mol. The van der Waals surface area contributed by atoms with Gasteiger partial charge in [0.15, 0.2) is 0 Å². The van der Waals surface area contributed by atoms with E-state index in [0.717, 1.165) is 6.42 Å². The number of rotatable bonds is 6. The summed E-state index contributed by atoms with van der Waals surface area (Å²) in [6.07, 6.45) is 2.82. The fourth-order valence-electron chi connectivity index (χ4n) is 1.38.